The molecule has 246 valence electrons. The summed E-state index contributed by atoms with van der Waals surface area (Å²) in [5, 5.41) is 10.0. The highest BCUT2D eigenvalue weighted by molar-refractivity contribution is 8.00. The first-order valence-corrected chi connectivity index (χ1v) is 14.0. The molecule has 0 heterocycles. The fourth-order valence-corrected chi connectivity index (χ4v) is 4.90. The Morgan fingerprint density at radius 2 is 1.35 bits per heavy atom. The van der Waals surface area contributed by atoms with Crippen molar-refractivity contribution in [2.45, 2.75) is 41.8 Å². The van der Waals surface area contributed by atoms with Crippen LogP contribution in [0.2, 0.25) is 0 Å². The van der Waals surface area contributed by atoms with E-state index in [1.54, 1.807) is 24.3 Å². The van der Waals surface area contributed by atoms with Crippen LogP contribution in [0.4, 0.5) is 49.6 Å². The molecule has 1 atom stereocenters. The zero-order valence-corrected chi connectivity index (χ0v) is 24.0. The van der Waals surface area contributed by atoms with Gasteiger partial charge in [-0.1, -0.05) is 54.6 Å². The van der Waals surface area contributed by atoms with E-state index in [1.807, 2.05) is 0 Å². The van der Waals surface area contributed by atoms with Gasteiger partial charge >= 0.3 is 24.2 Å². The van der Waals surface area contributed by atoms with Gasteiger partial charge < -0.3 is 19.5 Å². The minimum atomic E-state index is -5.04. The minimum Gasteiger partial charge on any atom is -0.457 e. The van der Waals surface area contributed by atoms with Gasteiger partial charge in [0.25, 0.3) is 0 Å². The van der Waals surface area contributed by atoms with Gasteiger partial charge in [-0.2, -0.15) is 43.9 Å². The molecule has 0 radical (unpaired) electrons. The summed E-state index contributed by atoms with van der Waals surface area (Å²) >= 11 is -0.344. The molecule has 15 heteroatoms. The maximum atomic E-state index is 13.5. The van der Waals surface area contributed by atoms with Crippen LogP contribution in [-0.2, 0) is 6.54 Å². The number of halogens is 10. The molecule has 4 nitrogen and oxygen atoms in total. The lowest BCUT2D eigenvalue weighted by atomic mass is 10.0. The predicted molar refractivity (Wildman–Crippen MR) is 151 cm³/mol. The van der Waals surface area contributed by atoms with Crippen molar-refractivity contribution in [3.8, 4) is 28.4 Å². The molecule has 4 rings (SSSR count). The van der Waals surface area contributed by atoms with E-state index in [0.717, 1.165) is 17.0 Å². The van der Waals surface area contributed by atoms with E-state index in [2.05, 4.69) is 4.74 Å². The fourth-order valence-electron chi connectivity index (χ4n) is 4.31. The summed E-state index contributed by atoms with van der Waals surface area (Å²) in [6.45, 7) is -1.46. The number of benzene rings is 4. The van der Waals surface area contributed by atoms with Crippen LogP contribution in [0.3, 0.4) is 0 Å². The largest absolute Gasteiger partial charge is 0.461 e. The first kappa shape index (κ1) is 34.8. The van der Waals surface area contributed by atoms with Crippen molar-refractivity contribution >= 4 is 17.4 Å². The Hall–Kier alpha value is -4.11. The van der Waals surface area contributed by atoms with E-state index < -0.39 is 49.2 Å². The quantitative estimate of drug-likeness (QED) is 0.119. The zero-order valence-electron chi connectivity index (χ0n) is 23.2. The summed E-state index contributed by atoms with van der Waals surface area (Å²) in [5.41, 5.74) is -3.75. The molecule has 0 saturated heterocycles. The lowest BCUT2D eigenvalue weighted by molar-refractivity contribution is -0.253. The molecule has 0 aliphatic carbocycles. The third kappa shape index (κ3) is 9.45. The van der Waals surface area contributed by atoms with E-state index in [-0.39, 0.29) is 45.0 Å². The topological polar surface area (TPSA) is 41.9 Å². The van der Waals surface area contributed by atoms with Crippen LogP contribution in [0.1, 0.15) is 5.56 Å². The standard InChI is InChI=1S/C31H23F10NO3S/c32-28(33)30(37,38)45-21-9-5-7-19(15-21)17-42(18-27(43)29(34,35)36)25-13-3-1-11-23(25)24-12-2-4-14-26(24)44-20-8-6-10-22(16-20)46-31(39,40)41/h1-16,27-28,43H,17-18H2/t27-/m1/s1. The van der Waals surface area contributed by atoms with Crippen LogP contribution in [0.15, 0.2) is 102 Å². The molecule has 0 bridgehead atoms. The van der Waals surface area contributed by atoms with Crippen LogP contribution >= 0.6 is 11.8 Å². The highest BCUT2D eigenvalue weighted by atomic mass is 32.2. The van der Waals surface area contributed by atoms with Gasteiger partial charge in [0, 0.05) is 28.3 Å². The van der Waals surface area contributed by atoms with Crippen LogP contribution in [0.25, 0.3) is 11.1 Å². The molecule has 0 spiro atoms. The molecular weight excluding hydrogens is 656 g/mol. The lowest BCUT2D eigenvalue weighted by Crippen LogP contribution is -2.41. The van der Waals surface area contributed by atoms with Crippen molar-refractivity contribution < 1.29 is 58.5 Å². The average Bonchev–Trinajstić information content (AvgIpc) is 2.96. The number of alkyl halides is 10. The number of anilines is 1. The zero-order chi connectivity index (χ0) is 33.7. The number of nitrogens with zero attached hydrogens (tertiary/aromatic N) is 1. The molecule has 0 aliphatic heterocycles. The first-order valence-electron chi connectivity index (χ1n) is 13.2. The Labute approximate surface area is 260 Å². The monoisotopic (exact) mass is 679 g/mol. The van der Waals surface area contributed by atoms with Crippen molar-refractivity contribution in [2.24, 2.45) is 0 Å². The van der Waals surface area contributed by atoms with Crippen molar-refractivity contribution in [3.05, 3.63) is 103 Å². The summed E-state index contributed by atoms with van der Waals surface area (Å²) in [5.74, 6) is -0.497. The Morgan fingerprint density at radius 3 is 2.02 bits per heavy atom. The summed E-state index contributed by atoms with van der Waals surface area (Å²) in [7, 11) is 0. The Kier molecular flexibility index (Phi) is 10.7. The molecule has 0 aromatic heterocycles. The number of para-hydroxylation sites is 2. The third-order valence-electron chi connectivity index (χ3n) is 6.24. The van der Waals surface area contributed by atoms with E-state index in [0.29, 0.717) is 5.56 Å². The van der Waals surface area contributed by atoms with Gasteiger partial charge in [-0.15, -0.1) is 0 Å². The summed E-state index contributed by atoms with van der Waals surface area (Å²) in [4.78, 5) is 0.961. The Balaban J connectivity index is 1.73. The molecule has 4 aromatic carbocycles. The molecule has 4 aromatic rings. The van der Waals surface area contributed by atoms with Crippen molar-refractivity contribution in [1.82, 2.24) is 0 Å². The fraction of sp³-hybridized carbons (Fsp3) is 0.226. The normalized spacial score (nSPS) is 13.0. The number of aliphatic hydroxyl groups is 1. The molecule has 46 heavy (non-hydrogen) atoms. The molecule has 0 fully saturated rings. The van der Waals surface area contributed by atoms with Crippen LogP contribution in [0.5, 0.6) is 17.2 Å². The average molecular weight is 680 g/mol. The number of thioether (sulfide) groups is 1. The van der Waals surface area contributed by atoms with Gasteiger partial charge in [0.05, 0.1) is 6.54 Å². The Morgan fingerprint density at radius 1 is 0.717 bits per heavy atom. The van der Waals surface area contributed by atoms with E-state index in [4.69, 9.17) is 4.74 Å². The molecular formula is C31H23F10NO3S. The molecule has 0 amide bonds. The summed E-state index contributed by atoms with van der Waals surface area (Å²) in [6, 6.07) is 21.9. The van der Waals surface area contributed by atoms with Crippen molar-refractivity contribution in [1.29, 1.82) is 0 Å². The maximum absolute atomic E-state index is 13.5. The van der Waals surface area contributed by atoms with Crippen molar-refractivity contribution in [3.63, 3.8) is 0 Å². The molecule has 0 saturated carbocycles. The van der Waals surface area contributed by atoms with Crippen molar-refractivity contribution in [2.75, 3.05) is 11.4 Å². The first-order chi connectivity index (χ1) is 21.5. The van der Waals surface area contributed by atoms with E-state index >= 15 is 0 Å². The van der Waals surface area contributed by atoms with Gasteiger partial charge in [-0.3, -0.25) is 0 Å². The Bertz CT molecular complexity index is 1610. The predicted octanol–water partition coefficient (Wildman–Crippen LogP) is 9.92. The van der Waals surface area contributed by atoms with Crippen LogP contribution in [-0.4, -0.2) is 42.0 Å². The minimum absolute atomic E-state index is 0.0425. The second kappa shape index (κ2) is 14.1. The lowest BCUT2D eigenvalue weighted by Gasteiger charge is -2.30. The second-order valence-electron chi connectivity index (χ2n) is 9.69. The molecule has 0 aliphatic rings. The maximum Gasteiger partial charge on any atom is 0.461 e. The second-order valence-corrected chi connectivity index (χ2v) is 10.8. The highest BCUT2D eigenvalue weighted by Gasteiger charge is 2.44. The SMILES string of the molecule is O[C@H](CN(Cc1cccc(OC(F)(F)C(F)F)c1)c1ccccc1-c1ccccc1Oc1cccc(SC(F)(F)F)c1)C(F)(F)F. The summed E-state index contributed by atoms with van der Waals surface area (Å²) < 4.78 is 142. The van der Waals surface area contributed by atoms with Crippen LogP contribution < -0.4 is 14.4 Å². The van der Waals surface area contributed by atoms with Gasteiger partial charge in [0.2, 0.25) is 0 Å². The smallest absolute Gasteiger partial charge is 0.457 e. The highest BCUT2D eigenvalue weighted by Crippen LogP contribution is 2.42. The molecule has 0 unspecified atom stereocenters. The van der Waals surface area contributed by atoms with Gasteiger partial charge in [0.1, 0.15) is 17.2 Å². The van der Waals surface area contributed by atoms with Gasteiger partial charge in [-0.25, -0.2) is 0 Å². The number of ether oxygens (including phenoxy) is 2. The number of hydrogen-bond donors (Lipinski definition) is 1. The molecule has 1 N–H and O–H groups in total. The van der Waals surface area contributed by atoms with Gasteiger partial charge in [-0.05, 0) is 59.8 Å². The van der Waals surface area contributed by atoms with Crippen LogP contribution in [0, 0.1) is 0 Å². The van der Waals surface area contributed by atoms with E-state index in [9.17, 15) is 49.0 Å². The van der Waals surface area contributed by atoms with E-state index in [1.165, 1.54) is 60.7 Å². The third-order valence-corrected chi connectivity index (χ3v) is 6.96. The van der Waals surface area contributed by atoms with Gasteiger partial charge in [0.15, 0.2) is 6.10 Å². The number of aliphatic hydroxyl groups excluding tert-OH is 1. The summed E-state index contributed by atoms with van der Waals surface area (Å²) in [6.07, 6.45) is -16.9. The number of rotatable bonds is 12. The number of hydrogen-bond acceptors (Lipinski definition) is 5.